The summed E-state index contributed by atoms with van der Waals surface area (Å²) in [6, 6.07) is 10.6. The highest BCUT2D eigenvalue weighted by molar-refractivity contribution is 5.79. The van der Waals surface area contributed by atoms with Crippen LogP contribution in [0.4, 0.5) is 8.78 Å². The SMILES string of the molecule is CC(C)(C)OC(=O)CC1CCCC(Oc2cccc(F)c2)(C(=O)O)C1.CC1CCCC(=O)C1.Oc1cccc(F)c1. The lowest BCUT2D eigenvalue weighted by Crippen LogP contribution is -2.48. The van der Waals surface area contributed by atoms with E-state index in [2.05, 4.69) is 6.92 Å². The second-order valence-corrected chi connectivity index (χ2v) is 11.8. The first-order valence-electron chi connectivity index (χ1n) is 14.0. The Morgan fingerprint density at radius 2 is 1.68 bits per heavy atom. The van der Waals surface area contributed by atoms with Crippen molar-refractivity contribution in [3.8, 4) is 11.5 Å². The van der Waals surface area contributed by atoms with Gasteiger partial charge in [-0.2, -0.15) is 0 Å². The Morgan fingerprint density at radius 3 is 2.17 bits per heavy atom. The van der Waals surface area contributed by atoms with Crippen molar-refractivity contribution >= 4 is 17.7 Å². The van der Waals surface area contributed by atoms with Gasteiger partial charge in [0.1, 0.15) is 34.5 Å². The quantitative estimate of drug-likeness (QED) is 0.361. The van der Waals surface area contributed by atoms with Gasteiger partial charge in [-0.3, -0.25) is 9.59 Å². The van der Waals surface area contributed by atoms with Crippen LogP contribution in [-0.2, 0) is 19.1 Å². The molecular formula is C32H42F2O7. The molecular weight excluding hydrogens is 534 g/mol. The molecule has 2 fully saturated rings. The van der Waals surface area contributed by atoms with Gasteiger partial charge in [-0.25, -0.2) is 13.6 Å². The van der Waals surface area contributed by atoms with Gasteiger partial charge in [-0.15, -0.1) is 0 Å². The number of hydrogen-bond acceptors (Lipinski definition) is 6. The molecule has 7 nitrogen and oxygen atoms in total. The van der Waals surface area contributed by atoms with Crippen molar-refractivity contribution in [3.63, 3.8) is 0 Å². The molecule has 9 heteroatoms. The normalized spacial score (nSPS) is 22.2. The van der Waals surface area contributed by atoms with Crippen molar-refractivity contribution in [2.75, 3.05) is 0 Å². The second-order valence-electron chi connectivity index (χ2n) is 11.8. The zero-order valence-corrected chi connectivity index (χ0v) is 24.3. The average Bonchev–Trinajstić information content (AvgIpc) is 2.83. The third-order valence-electron chi connectivity index (χ3n) is 6.72. The number of rotatable bonds is 5. The maximum atomic E-state index is 13.4. The Labute approximate surface area is 240 Å². The van der Waals surface area contributed by atoms with Crippen molar-refractivity contribution in [1.29, 1.82) is 0 Å². The summed E-state index contributed by atoms with van der Waals surface area (Å²) in [4.78, 5) is 34.6. The number of carbonyl (C=O) groups excluding carboxylic acids is 2. The summed E-state index contributed by atoms with van der Waals surface area (Å²) in [5, 5.41) is 18.3. The standard InChI is InChI=1S/C19H25FO5.C7H12O.C6H5FO/c1-18(2,3)25-16(21)10-13-6-5-9-19(12-13,17(22)23)24-15-8-4-7-14(20)11-15;1-6-3-2-4-7(8)5-6;7-5-2-1-3-6(8)4-5/h4,7-8,11,13H,5-6,9-10,12H2,1-3H3,(H,22,23);6H,2-5H2,1H3;1-4,8H. The van der Waals surface area contributed by atoms with Crippen LogP contribution in [-0.4, -0.2) is 39.1 Å². The number of phenols is 1. The lowest BCUT2D eigenvalue weighted by molar-refractivity contribution is -0.164. The molecule has 0 aromatic heterocycles. The molecule has 3 atom stereocenters. The highest BCUT2D eigenvalue weighted by Crippen LogP contribution is 2.38. The molecule has 0 heterocycles. The Balaban J connectivity index is 0.000000295. The van der Waals surface area contributed by atoms with Crippen LogP contribution in [0.3, 0.4) is 0 Å². The number of benzene rings is 2. The van der Waals surface area contributed by atoms with Gasteiger partial charge in [-0.05, 0) is 89.0 Å². The number of hydrogen-bond donors (Lipinski definition) is 2. The fourth-order valence-corrected chi connectivity index (χ4v) is 4.94. The molecule has 4 rings (SSSR count). The molecule has 3 unspecified atom stereocenters. The van der Waals surface area contributed by atoms with E-state index in [9.17, 15) is 28.3 Å². The molecule has 2 aliphatic carbocycles. The Kier molecular flexibility index (Phi) is 12.7. The van der Waals surface area contributed by atoms with Gasteiger partial charge in [-0.1, -0.05) is 19.1 Å². The van der Waals surface area contributed by atoms with Crippen molar-refractivity contribution in [2.45, 2.75) is 96.7 Å². The average molecular weight is 577 g/mol. The van der Waals surface area contributed by atoms with E-state index in [0.29, 0.717) is 24.5 Å². The molecule has 226 valence electrons. The number of aromatic hydroxyl groups is 1. The Hall–Kier alpha value is -3.49. The Bertz CT molecular complexity index is 1140. The number of carboxylic acid groups (broad SMARTS) is 1. The Morgan fingerprint density at radius 1 is 1.02 bits per heavy atom. The highest BCUT2D eigenvalue weighted by atomic mass is 19.1. The molecule has 41 heavy (non-hydrogen) atoms. The molecule has 2 aromatic carbocycles. The van der Waals surface area contributed by atoms with Crippen LogP contribution in [0.5, 0.6) is 11.5 Å². The first-order chi connectivity index (χ1) is 19.2. The first-order valence-corrected chi connectivity index (χ1v) is 14.0. The largest absolute Gasteiger partial charge is 0.508 e. The van der Waals surface area contributed by atoms with Crippen LogP contribution in [0.25, 0.3) is 0 Å². The van der Waals surface area contributed by atoms with Crippen LogP contribution in [0.15, 0.2) is 48.5 Å². The summed E-state index contributed by atoms with van der Waals surface area (Å²) >= 11 is 0. The monoisotopic (exact) mass is 576 g/mol. The molecule has 0 saturated heterocycles. The van der Waals surface area contributed by atoms with Gasteiger partial charge in [0.05, 0.1) is 0 Å². The summed E-state index contributed by atoms with van der Waals surface area (Å²) in [5.74, 6) is -1.21. The summed E-state index contributed by atoms with van der Waals surface area (Å²) in [6.45, 7) is 7.53. The van der Waals surface area contributed by atoms with Crippen LogP contribution >= 0.6 is 0 Å². The molecule has 2 aromatic rings. The zero-order valence-electron chi connectivity index (χ0n) is 24.3. The van der Waals surface area contributed by atoms with Crippen molar-refractivity contribution < 1.29 is 42.9 Å². The van der Waals surface area contributed by atoms with E-state index in [4.69, 9.17) is 14.6 Å². The van der Waals surface area contributed by atoms with E-state index >= 15 is 0 Å². The number of Topliss-reactive ketones (excluding diaryl/α,β-unsaturated/α-hetero) is 1. The third-order valence-corrected chi connectivity index (χ3v) is 6.72. The summed E-state index contributed by atoms with van der Waals surface area (Å²) in [7, 11) is 0. The lowest BCUT2D eigenvalue weighted by Gasteiger charge is -2.37. The second kappa shape index (κ2) is 15.5. The summed E-state index contributed by atoms with van der Waals surface area (Å²) in [5.41, 5.74) is -2.02. The summed E-state index contributed by atoms with van der Waals surface area (Å²) in [6.07, 6.45) is 6.08. The molecule has 0 bridgehead atoms. The topological polar surface area (TPSA) is 110 Å². The predicted octanol–water partition coefficient (Wildman–Crippen LogP) is 7.25. The summed E-state index contributed by atoms with van der Waals surface area (Å²) < 4.78 is 36.4. The molecule has 0 radical (unpaired) electrons. The van der Waals surface area contributed by atoms with E-state index in [1.54, 1.807) is 20.8 Å². The first kappa shape index (κ1) is 33.7. The maximum absolute atomic E-state index is 13.4. The fraction of sp³-hybridized carbons (Fsp3) is 0.531. The van der Waals surface area contributed by atoms with Crippen LogP contribution in [0.2, 0.25) is 0 Å². The van der Waals surface area contributed by atoms with Gasteiger partial charge in [0.15, 0.2) is 0 Å². The zero-order chi connectivity index (χ0) is 30.6. The molecule has 2 N–H and O–H groups in total. The van der Waals surface area contributed by atoms with Crippen LogP contribution in [0, 0.1) is 23.5 Å². The minimum atomic E-state index is -1.45. The number of aliphatic carboxylic acids is 1. The number of ether oxygens (including phenoxy) is 2. The van der Waals surface area contributed by atoms with Crippen LogP contribution in [0.1, 0.15) is 85.5 Å². The van der Waals surface area contributed by atoms with E-state index in [-0.39, 0.29) is 36.2 Å². The van der Waals surface area contributed by atoms with Gasteiger partial charge in [0.2, 0.25) is 5.60 Å². The van der Waals surface area contributed by atoms with E-state index in [1.807, 2.05) is 0 Å². The van der Waals surface area contributed by atoms with Crippen molar-refractivity contribution in [2.24, 2.45) is 11.8 Å². The maximum Gasteiger partial charge on any atom is 0.348 e. The van der Waals surface area contributed by atoms with Gasteiger partial charge in [0, 0.05) is 37.8 Å². The van der Waals surface area contributed by atoms with Crippen molar-refractivity contribution in [1.82, 2.24) is 0 Å². The molecule has 0 spiro atoms. The minimum absolute atomic E-state index is 0.0370. The minimum Gasteiger partial charge on any atom is -0.508 e. The predicted molar refractivity (Wildman–Crippen MR) is 151 cm³/mol. The smallest absolute Gasteiger partial charge is 0.348 e. The molecule has 2 saturated carbocycles. The number of esters is 1. The van der Waals surface area contributed by atoms with Crippen LogP contribution < -0.4 is 4.74 Å². The van der Waals surface area contributed by atoms with E-state index in [0.717, 1.165) is 31.7 Å². The van der Waals surface area contributed by atoms with Crippen molar-refractivity contribution in [3.05, 3.63) is 60.2 Å². The number of carbonyl (C=O) groups is 3. The number of phenolic OH excluding ortho intramolecular Hbond substituents is 1. The highest BCUT2D eigenvalue weighted by Gasteiger charge is 2.46. The van der Waals surface area contributed by atoms with Gasteiger partial charge in [0.25, 0.3) is 0 Å². The lowest BCUT2D eigenvalue weighted by atomic mass is 9.76. The number of halogens is 2. The molecule has 0 amide bonds. The van der Waals surface area contributed by atoms with Gasteiger partial charge >= 0.3 is 11.9 Å². The number of carboxylic acids is 1. The molecule has 2 aliphatic rings. The number of ketones is 1. The van der Waals surface area contributed by atoms with Gasteiger partial charge < -0.3 is 19.7 Å². The third kappa shape index (κ3) is 12.7. The van der Waals surface area contributed by atoms with E-state index in [1.165, 1.54) is 48.9 Å². The molecule has 0 aliphatic heterocycles. The fourth-order valence-electron chi connectivity index (χ4n) is 4.94. The van der Waals surface area contributed by atoms with E-state index < -0.39 is 28.8 Å².